The number of nitrogens with zero attached hydrogens (tertiary/aromatic N) is 1. The van der Waals surface area contributed by atoms with Gasteiger partial charge in [0.15, 0.2) is 0 Å². The van der Waals surface area contributed by atoms with Gasteiger partial charge >= 0.3 is 5.97 Å². The van der Waals surface area contributed by atoms with Crippen molar-refractivity contribution < 1.29 is 14.3 Å². The quantitative estimate of drug-likeness (QED) is 0.677. The molecule has 1 aliphatic heterocycles. The third-order valence-electron chi connectivity index (χ3n) is 3.98. The van der Waals surface area contributed by atoms with Gasteiger partial charge in [0.05, 0.1) is 29.6 Å². The van der Waals surface area contributed by atoms with Gasteiger partial charge in [-0.1, -0.05) is 6.07 Å². The largest absolute Gasteiger partial charge is 0.465 e. The predicted molar refractivity (Wildman–Crippen MR) is 79.1 cm³/mol. The lowest BCUT2D eigenvalue weighted by molar-refractivity contribution is -0.00462. The molecule has 0 bridgehead atoms. The fraction of sp³-hybridized carbons (Fsp3) is 0.533. The summed E-state index contributed by atoms with van der Waals surface area (Å²) in [6.45, 7) is 3.77. The van der Waals surface area contributed by atoms with Gasteiger partial charge in [-0.05, 0) is 31.9 Å². The van der Waals surface area contributed by atoms with Crippen LogP contribution in [0.3, 0.4) is 0 Å². The molecule has 110 valence electrons. The zero-order valence-corrected chi connectivity index (χ0v) is 12.3. The van der Waals surface area contributed by atoms with Crippen molar-refractivity contribution in [2.24, 2.45) is 0 Å². The van der Waals surface area contributed by atoms with E-state index in [1.165, 1.54) is 7.11 Å². The van der Waals surface area contributed by atoms with Crippen LogP contribution in [0.2, 0.25) is 0 Å². The Morgan fingerprint density at radius 3 is 2.80 bits per heavy atom. The minimum absolute atomic E-state index is 0.175. The Morgan fingerprint density at radius 1 is 1.40 bits per heavy atom. The number of nitrogens with two attached hydrogens (primary N) is 1. The average molecular weight is 278 g/mol. The number of esters is 1. The number of methoxy groups -OCH3 is 2. The monoisotopic (exact) mass is 278 g/mol. The smallest absolute Gasteiger partial charge is 0.340 e. The van der Waals surface area contributed by atoms with Crippen LogP contribution >= 0.6 is 0 Å². The van der Waals surface area contributed by atoms with E-state index >= 15 is 0 Å². The van der Waals surface area contributed by atoms with Crippen LogP contribution in [0.25, 0.3) is 0 Å². The molecule has 0 amide bonds. The number of nitrogen functional groups attached to an aromatic ring is 1. The summed E-state index contributed by atoms with van der Waals surface area (Å²) in [5.41, 5.74) is 7.72. The highest BCUT2D eigenvalue weighted by Gasteiger charge is 2.32. The molecule has 2 rings (SSSR count). The van der Waals surface area contributed by atoms with Crippen LogP contribution in [0.15, 0.2) is 18.2 Å². The minimum Gasteiger partial charge on any atom is -0.465 e. The van der Waals surface area contributed by atoms with Crippen molar-refractivity contribution in [1.82, 2.24) is 0 Å². The van der Waals surface area contributed by atoms with Crippen molar-refractivity contribution in [3.8, 4) is 0 Å². The zero-order valence-electron chi connectivity index (χ0n) is 12.3. The first-order valence-electron chi connectivity index (χ1n) is 6.77. The molecule has 0 spiro atoms. The summed E-state index contributed by atoms with van der Waals surface area (Å²) in [4.78, 5) is 13.9. The van der Waals surface area contributed by atoms with Crippen LogP contribution in [-0.4, -0.2) is 38.9 Å². The molecular formula is C15H22N2O3. The van der Waals surface area contributed by atoms with Crippen molar-refractivity contribution in [2.45, 2.75) is 25.4 Å². The second-order valence-electron chi connectivity index (χ2n) is 5.41. The number of carbonyl (C=O) groups is 1. The van der Waals surface area contributed by atoms with Crippen LogP contribution in [0.4, 0.5) is 11.4 Å². The average Bonchev–Trinajstić information content (AvgIpc) is 2.47. The van der Waals surface area contributed by atoms with Gasteiger partial charge in [-0.3, -0.25) is 0 Å². The van der Waals surface area contributed by atoms with E-state index < -0.39 is 5.97 Å². The molecule has 1 aromatic carbocycles. The van der Waals surface area contributed by atoms with Gasteiger partial charge in [0.2, 0.25) is 0 Å². The number of hydrogen-bond donors (Lipinski definition) is 1. The topological polar surface area (TPSA) is 64.8 Å². The summed E-state index contributed by atoms with van der Waals surface area (Å²) in [5.74, 6) is -0.407. The molecule has 5 nitrogen and oxygen atoms in total. The van der Waals surface area contributed by atoms with E-state index in [0.29, 0.717) is 11.3 Å². The van der Waals surface area contributed by atoms with Crippen LogP contribution in [-0.2, 0) is 9.47 Å². The number of anilines is 2. The normalized spacial score (nSPS) is 22.6. The van der Waals surface area contributed by atoms with Gasteiger partial charge in [0.1, 0.15) is 0 Å². The first kappa shape index (κ1) is 14.7. The molecule has 1 fully saturated rings. The molecule has 1 saturated heterocycles. The molecule has 0 aromatic heterocycles. The van der Waals surface area contributed by atoms with Crippen LogP contribution in [0.5, 0.6) is 0 Å². The summed E-state index contributed by atoms with van der Waals surface area (Å²) < 4.78 is 10.4. The van der Waals surface area contributed by atoms with Gasteiger partial charge < -0.3 is 20.1 Å². The number of rotatable bonds is 3. The van der Waals surface area contributed by atoms with Gasteiger partial charge in [0, 0.05) is 20.2 Å². The lowest BCUT2D eigenvalue weighted by Gasteiger charge is -2.41. The van der Waals surface area contributed by atoms with E-state index in [0.717, 1.165) is 31.6 Å². The first-order chi connectivity index (χ1) is 9.50. The second kappa shape index (κ2) is 5.71. The maximum absolute atomic E-state index is 11.7. The molecule has 1 aromatic rings. The van der Waals surface area contributed by atoms with Gasteiger partial charge in [0.25, 0.3) is 0 Å². The van der Waals surface area contributed by atoms with E-state index in [2.05, 4.69) is 11.8 Å². The molecule has 5 heteroatoms. The number of benzene rings is 1. The lowest BCUT2D eigenvalue weighted by atomic mass is 9.94. The molecule has 20 heavy (non-hydrogen) atoms. The standard InChI is InChI=1S/C15H22N2O3/c1-15(20-3)8-5-9-17(10-15)12-7-4-6-11(13(12)16)14(18)19-2/h4,6-7H,5,8-10,16H2,1-3H3. The molecule has 1 unspecified atom stereocenters. The van der Waals surface area contributed by atoms with Crippen molar-refractivity contribution in [3.63, 3.8) is 0 Å². The number of ether oxygens (including phenoxy) is 2. The van der Waals surface area contributed by atoms with Crippen LogP contribution in [0, 0.1) is 0 Å². The highest BCUT2D eigenvalue weighted by molar-refractivity contribution is 5.98. The Balaban J connectivity index is 2.31. The van der Waals surface area contributed by atoms with Crippen LogP contribution in [0.1, 0.15) is 30.1 Å². The third kappa shape index (κ3) is 2.72. The van der Waals surface area contributed by atoms with Crippen molar-refractivity contribution in [1.29, 1.82) is 0 Å². The second-order valence-corrected chi connectivity index (χ2v) is 5.41. The maximum atomic E-state index is 11.7. The van der Waals surface area contributed by atoms with E-state index in [1.54, 1.807) is 13.2 Å². The number of piperidine rings is 1. The summed E-state index contributed by atoms with van der Waals surface area (Å²) in [6, 6.07) is 5.45. The van der Waals surface area contributed by atoms with Crippen LogP contribution < -0.4 is 10.6 Å². The summed E-state index contributed by atoms with van der Waals surface area (Å²) in [5, 5.41) is 0. The molecule has 0 radical (unpaired) electrons. The molecular weight excluding hydrogens is 256 g/mol. The Labute approximate surface area is 119 Å². The predicted octanol–water partition coefficient (Wildman–Crippen LogP) is 2.06. The number of hydrogen-bond acceptors (Lipinski definition) is 5. The minimum atomic E-state index is -0.407. The van der Waals surface area contributed by atoms with Gasteiger partial charge in [-0.15, -0.1) is 0 Å². The summed E-state index contributed by atoms with van der Waals surface area (Å²) >= 11 is 0. The highest BCUT2D eigenvalue weighted by Crippen LogP contribution is 2.33. The van der Waals surface area contributed by atoms with E-state index in [4.69, 9.17) is 15.2 Å². The van der Waals surface area contributed by atoms with Gasteiger partial charge in [-0.2, -0.15) is 0 Å². The van der Waals surface area contributed by atoms with Gasteiger partial charge in [-0.25, -0.2) is 4.79 Å². The molecule has 1 heterocycles. The molecule has 0 aliphatic carbocycles. The van der Waals surface area contributed by atoms with Crippen molar-refractivity contribution in [3.05, 3.63) is 23.8 Å². The SMILES string of the molecule is COC(=O)c1cccc(N2CCCC(C)(OC)C2)c1N. The number of carbonyl (C=O) groups excluding carboxylic acids is 1. The summed E-state index contributed by atoms with van der Waals surface area (Å²) in [6.07, 6.45) is 2.06. The zero-order chi connectivity index (χ0) is 14.8. The Bertz CT molecular complexity index is 504. The molecule has 1 atom stereocenters. The maximum Gasteiger partial charge on any atom is 0.340 e. The number of para-hydroxylation sites is 1. The van der Waals surface area contributed by atoms with E-state index in [9.17, 15) is 4.79 Å². The lowest BCUT2D eigenvalue weighted by Crippen LogP contribution is -2.47. The molecule has 0 saturated carbocycles. The molecule has 2 N–H and O–H groups in total. The van der Waals surface area contributed by atoms with Crippen molar-refractivity contribution in [2.75, 3.05) is 37.9 Å². The van der Waals surface area contributed by atoms with Crippen molar-refractivity contribution >= 4 is 17.3 Å². The first-order valence-corrected chi connectivity index (χ1v) is 6.77. The Morgan fingerprint density at radius 2 is 2.15 bits per heavy atom. The summed E-state index contributed by atoms with van der Waals surface area (Å²) in [7, 11) is 3.09. The Hall–Kier alpha value is -1.75. The van der Waals surface area contributed by atoms with E-state index in [1.807, 2.05) is 12.1 Å². The fourth-order valence-electron chi connectivity index (χ4n) is 2.69. The highest BCUT2D eigenvalue weighted by atomic mass is 16.5. The van der Waals surface area contributed by atoms with E-state index in [-0.39, 0.29) is 5.60 Å². The fourth-order valence-corrected chi connectivity index (χ4v) is 2.69. The Kier molecular flexibility index (Phi) is 4.18. The third-order valence-corrected chi connectivity index (χ3v) is 3.98. The molecule has 1 aliphatic rings.